The third-order valence-electron chi connectivity index (χ3n) is 5.97. The van der Waals surface area contributed by atoms with E-state index in [9.17, 15) is 13.4 Å². The minimum atomic E-state index is -1.58. The third kappa shape index (κ3) is 3.24. The van der Waals surface area contributed by atoms with Crippen molar-refractivity contribution in [3.63, 3.8) is 0 Å². The zero-order valence-corrected chi connectivity index (χ0v) is 17.0. The number of hydrogen-bond acceptors (Lipinski definition) is 3. The molecule has 0 saturated carbocycles. The molecule has 1 aliphatic heterocycles. The zero-order valence-electron chi connectivity index (χ0n) is 16.2. The quantitative estimate of drug-likeness (QED) is 0.706. The Morgan fingerprint density at radius 3 is 2.70 bits per heavy atom. The van der Waals surface area contributed by atoms with Crippen molar-refractivity contribution < 1.29 is 13.4 Å². The van der Waals surface area contributed by atoms with Gasteiger partial charge in [0.25, 0.3) is 0 Å². The zero-order chi connectivity index (χ0) is 20.8. The number of amides is 1. The van der Waals surface area contributed by atoms with E-state index in [1.54, 1.807) is 29.3 Å². The Morgan fingerprint density at radius 2 is 1.90 bits per heavy atom. The van der Waals surface area contributed by atoms with Crippen molar-refractivity contribution >= 4 is 22.6 Å². The lowest BCUT2D eigenvalue weighted by atomic mass is 10.0. The van der Waals surface area contributed by atoms with Gasteiger partial charge in [0.05, 0.1) is 4.90 Å². The maximum atomic E-state index is 14.1. The van der Waals surface area contributed by atoms with Gasteiger partial charge in [0, 0.05) is 29.9 Å². The molecule has 2 aliphatic rings. The van der Waals surface area contributed by atoms with Gasteiger partial charge in [-0.15, -0.1) is 0 Å². The van der Waals surface area contributed by atoms with Crippen molar-refractivity contribution in [1.82, 2.24) is 4.98 Å². The molecule has 2 atom stereocenters. The van der Waals surface area contributed by atoms with E-state index in [1.165, 1.54) is 6.07 Å². The van der Waals surface area contributed by atoms with E-state index in [2.05, 4.69) is 4.98 Å². The van der Waals surface area contributed by atoms with Crippen LogP contribution in [0.5, 0.6) is 0 Å². The highest BCUT2D eigenvalue weighted by Crippen LogP contribution is 2.36. The number of anilines is 1. The molecule has 0 saturated heterocycles. The Kier molecular flexibility index (Phi) is 4.72. The predicted octanol–water partition coefficient (Wildman–Crippen LogP) is 3.17. The van der Waals surface area contributed by atoms with Crippen LogP contribution in [0.25, 0.3) is 11.3 Å². The van der Waals surface area contributed by atoms with Gasteiger partial charge < -0.3 is 4.90 Å². The number of benzene rings is 2. The molecule has 0 radical (unpaired) electrons. The van der Waals surface area contributed by atoms with Gasteiger partial charge in [-0.05, 0) is 66.3 Å². The second-order valence-electron chi connectivity index (χ2n) is 7.75. The Labute approximate surface area is 176 Å². The lowest BCUT2D eigenvalue weighted by Gasteiger charge is -2.21. The highest BCUT2D eigenvalue weighted by Gasteiger charge is 2.34. The van der Waals surface area contributed by atoms with Gasteiger partial charge in [-0.25, -0.2) is 13.7 Å². The van der Waals surface area contributed by atoms with Gasteiger partial charge >= 0.3 is 0 Å². The largest absolute Gasteiger partial charge is 0.312 e. The summed E-state index contributed by atoms with van der Waals surface area (Å²) in [4.78, 5) is 19.8. The van der Waals surface area contributed by atoms with Crippen LogP contribution in [-0.4, -0.2) is 21.6 Å². The Morgan fingerprint density at radius 1 is 1.10 bits per heavy atom. The molecule has 2 aromatic carbocycles. The number of halogens is 1. The second-order valence-corrected chi connectivity index (χ2v) is 8.82. The average Bonchev–Trinajstić information content (AvgIpc) is 3.36. The average molecular weight is 421 g/mol. The third-order valence-corrected chi connectivity index (χ3v) is 6.69. The summed E-state index contributed by atoms with van der Waals surface area (Å²) in [5, 5.41) is 5.52. The number of pyridine rings is 1. The van der Waals surface area contributed by atoms with Crippen molar-refractivity contribution in [2.24, 2.45) is 11.1 Å². The lowest BCUT2D eigenvalue weighted by Crippen LogP contribution is -2.35. The Bertz CT molecular complexity index is 1200. The number of aromatic nitrogens is 1. The predicted molar refractivity (Wildman–Crippen MR) is 114 cm³/mol. The molecular formula is C23H20FN3O2S. The molecule has 2 heterocycles. The van der Waals surface area contributed by atoms with E-state index in [-0.39, 0.29) is 17.6 Å². The number of rotatable bonds is 3. The molecular weight excluding hydrogens is 401 g/mol. The summed E-state index contributed by atoms with van der Waals surface area (Å²) in [7, 11) is -1.58. The van der Waals surface area contributed by atoms with Gasteiger partial charge in [-0.1, -0.05) is 18.2 Å². The molecule has 30 heavy (non-hydrogen) atoms. The minimum absolute atomic E-state index is 0.0653. The standard InChI is InChI=1S/C23H20FN3O2S/c24-20-2-1-8-26-22(20)16-4-3-15-10-18(12-17(15)11-16)23(28)27-9-7-14-5-6-19(30(25)29)13-21(14)27/h1-6,8,11,13,18H,7,9-10,12,25H2. The topological polar surface area (TPSA) is 76.3 Å². The molecule has 5 nitrogen and oxygen atoms in total. The molecule has 1 aliphatic carbocycles. The van der Waals surface area contributed by atoms with Crippen LogP contribution in [0.15, 0.2) is 59.6 Å². The summed E-state index contributed by atoms with van der Waals surface area (Å²) in [6.45, 7) is 0.617. The van der Waals surface area contributed by atoms with Crippen molar-refractivity contribution in [3.8, 4) is 11.3 Å². The lowest BCUT2D eigenvalue weighted by molar-refractivity contribution is -0.122. The summed E-state index contributed by atoms with van der Waals surface area (Å²) in [5.41, 5.74) is 5.11. The number of carbonyl (C=O) groups excluding carboxylic acids is 1. The molecule has 0 fully saturated rings. The second kappa shape index (κ2) is 7.41. The molecule has 0 bridgehead atoms. The van der Waals surface area contributed by atoms with Gasteiger partial charge in [0.2, 0.25) is 5.91 Å². The van der Waals surface area contributed by atoms with Crippen LogP contribution in [-0.2, 0) is 35.0 Å². The van der Waals surface area contributed by atoms with Crippen LogP contribution >= 0.6 is 0 Å². The van der Waals surface area contributed by atoms with Gasteiger partial charge in [-0.2, -0.15) is 0 Å². The molecule has 5 rings (SSSR count). The summed E-state index contributed by atoms with van der Waals surface area (Å²) < 4.78 is 25.8. The first-order valence-electron chi connectivity index (χ1n) is 9.84. The first kappa shape index (κ1) is 19.1. The molecule has 2 N–H and O–H groups in total. The monoisotopic (exact) mass is 421 g/mol. The number of hydrogen-bond donors (Lipinski definition) is 1. The van der Waals surface area contributed by atoms with Gasteiger partial charge in [0.1, 0.15) is 22.5 Å². The van der Waals surface area contributed by atoms with E-state index < -0.39 is 11.0 Å². The number of nitrogens with zero attached hydrogens (tertiary/aromatic N) is 2. The maximum Gasteiger partial charge on any atom is 0.230 e. The van der Waals surface area contributed by atoms with E-state index >= 15 is 0 Å². The first-order valence-corrected chi connectivity index (χ1v) is 11.1. The van der Waals surface area contributed by atoms with Crippen molar-refractivity contribution in [2.45, 2.75) is 24.2 Å². The summed E-state index contributed by atoms with van der Waals surface area (Å²) in [6, 6.07) is 14.2. The van der Waals surface area contributed by atoms with Crippen LogP contribution in [0, 0.1) is 11.7 Å². The van der Waals surface area contributed by atoms with Crippen LogP contribution in [0.2, 0.25) is 0 Å². The minimum Gasteiger partial charge on any atom is -0.312 e. The molecule has 7 heteroatoms. The van der Waals surface area contributed by atoms with E-state index in [0.29, 0.717) is 30.0 Å². The summed E-state index contributed by atoms with van der Waals surface area (Å²) >= 11 is 0. The highest BCUT2D eigenvalue weighted by atomic mass is 32.2. The van der Waals surface area contributed by atoms with Crippen molar-refractivity contribution in [1.29, 1.82) is 0 Å². The van der Waals surface area contributed by atoms with Crippen molar-refractivity contribution in [2.75, 3.05) is 11.4 Å². The number of carbonyl (C=O) groups is 1. The van der Waals surface area contributed by atoms with Crippen LogP contribution in [0.4, 0.5) is 10.1 Å². The normalized spacial score (nSPS) is 18.2. The molecule has 2 unspecified atom stereocenters. The van der Waals surface area contributed by atoms with Crippen LogP contribution in [0.1, 0.15) is 16.7 Å². The first-order chi connectivity index (χ1) is 14.5. The van der Waals surface area contributed by atoms with Crippen molar-refractivity contribution in [3.05, 3.63) is 77.2 Å². The highest BCUT2D eigenvalue weighted by molar-refractivity contribution is 7.82. The maximum absolute atomic E-state index is 14.1. The Hall–Kier alpha value is -2.90. The fourth-order valence-electron chi connectivity index (χ4n) is 4.47. The smallest absolute Gasteiger partial charge is 0.230 e. The number of nitrogens with two attached hydrogens (primary N) is 1. The molecule has 3 aromatic rings. The fourth-order valence-corrected chi connectivity index (χ4v) is 4.90. The Balaban J connectivity index is 1.39. The molecule has 1 amide bonds. The SMILES string of the molecule is NS(=O)c1ccc2c(c1)N(C(=O)C1Cc3ccc(-c4ncccc4F)cc3C1)CC2. The van der Waals surface area contributed by atoms with E-state index in [0.717, 1.165) is 34.4 Å². The van der Waals surface area contributed by atoms with E-state index in [4.69, 9.17) is 5.14 Å². The summed E-state index contributed by atoms with van der Waals surface area (Å²) in [6.07, 6.45) is 3.63. The summed E-state index contributed by atoms with van der Waals surface area (Å²) in [5.74, 6) is -0.456. The molecule has 152 valence electrons. The van der Waals surface area contributed by atoms with Gasteiger partial charge in [-0.3, -0.25) is 9.78 Å². The van der Waals surface area contributed by atoms with Gasteiger partial charge in [0.15, 0.2) is 0 Å². The molecule has 1 aromatic heterocycles. The number of fused-ring (bicyclic) bond motifs is 2. The van der Waals surface area contributed by atoms with E-state index in [1.807, 2.05) is 24.3 Å². The molecule has 0 spiro atoms. The fraction of sp³-hybridized carbons (Fsp3) is 0.217. The van der Waals surface area contributed by atoms with Crippen LogP contribution in [0.3, 0.4) is 0 Å². The van der Waals surface area contributed by atoms with Crippen LogP contribution < -0.4 is 10.0 Å².